The van der Waals surface area contributed by atoms with Crippen molar-refractivity contribution in [2.24, 2.45) is 0 Å². The van der Waals surface area contributed by atoms with Gasteiger partial charge in [0.05, 0.1) is 4.92 Å². The molecule has 1 aliphatic rings. The number of benzene rings is 2. The third kappa shape index (κ3) is 2.71. The Morgan fingerprint density at radius 1 is 1.19 bits per heavy atom. The first-order valence-corrected chi connectivity index (χ1v) is 6.20. The topological polar surface area (TPSA) is 73.6 Å². The van der Waals surface area contributed by atoms with Crippen molar-refractivity contribution < 1.29 is 18.8 Å². The van der Waals surface area contributed by atoms with Crippen LogP contribution in [-0.4, -0.2) is 11.7 Å². The third-order valence-electron chi connectivity index (χ3n) is 3.08. The van der Waals surface area contributed by atoms with Gasteiger partial charge in [-0.15, -0.1) is 0 Å². The van der Waals surface area contributed by atoms with E-state index in [1.165, 1.54) is 6.07 Å². The quantitative estimate of drug-likeness (QED) is 0.692. The molecule has 0 saturated carbocycles. The van der Waals surface area contributed by atoms with Crippen LogP contribution in [0.2, 0.25) is 0 Å². The SMILES string of the molecule is O=[N+]([O-])c1ccc(CNc2ccc3c(c2)OCO3)cc1F. The maximum absolute atomic E-state index is 13.5. The summed E-state index contributed by atoms with van der Waals surface area (Å²) in [6, 6.07) is 9.20. The van der Waals surface area contributed by atoms with Crippen LogP contribution >= 0.6 is 0 Å². The van der Waals surface area contributed by atoms with Gasteiger partial charge >= 0.3 is 5.69 Å². The number of nitrogens with one attached hydrogen (secondary N) is 1. The fourth-order valence-electron chi connectivity index (χ4n) is 2.02. The Kier molecular flexibility index (Phi) is 3.31. The molecule has 0 fully saturated rings. The van der Waals surface area contributed by atoms with Crippen LogP contribution in [0.15, 0.2) is 36.4 Å². The molecule has 6 nitrogen and oxygen atoms in total. The highest BCUT2D eigenvalue weighted by atomic mass is 19.1. The first kappa shape index (κ1) is 13.2. The molecule has 0 spiro atoms. The number of fused-ring (bicyclic) bond motifs is 1. The summed E-state index contributed by atoms with van der Waals surface area (Å²) in [5.74, 6) is 0.488. The molecule has 0 radical (unpaired) electrons. The fourth-order valence-corrected chi connectivity index (χ4v) is 2.02. The van der Waals surface area contributed by atoms with Crippen molar-refractivity contribution in [2.75, 3.05) is 12.1 Å². The molecule has 1 heterocycles. The van der Waals surface area contributed by atoms with Crippen molar-refractivity contribution >= 4 is 11.4 Å². The van der Waals surface area contributed by atoms with Gasteiger partial charge in [-0.2, -0.15) is 4.39 Å². The van der Waals surface area contributed by atoms with Crippen LogP contribution in [-0.2, 0) is 6.54 Å². The van der Waals surface area contributed by atoms with Gasteiger partial charge < -0.3 is 14.8 Å². The second kappa shape index (κ2) is 5.28. The van der Waals surface area contributed by atoms with E-state index in [2.05, 4.69) is 5.32 Å². The van der Waals surface area contributed by atoms with Crippen molar-refractivity contribution in [3.8, 4) is 11.5 Å². The Morgan fingerprint density at radius 2 is 2.00 bits per heavy atom. The molecular weight excluding hydrogens is 279 g/mol. The van der Waals surface area contributed by atoms with Crippen LogP contribution in [0.1, 0.15) is 5.56 Å². The van der Waals surface area contributed by atoms with Crippen molar-refractivity contribution in [3.05, 3.63) is 57.9 Å². The minimum Gasteiger partial charge on any atom is -0.454 e. The summed E-state index contributed by atoms with van der Waals surface area (Å²) in [7, 11) is 0. The molecule has 0 amide bonds. The zero-order valence-electron chi connectivity index (χ0n) is 10.8. The van der Waals surface area contributed by atoms with Crippen LogP contribution in [0.5, 0.6) is 11.5 Å². The van der Waals surface area contributed by atoms with Crippen molar-refractivity contribution in [1.29, 1.82) is 0 Å². The summed E-state index contributed by atoms with van der Waals surface area (Å²) in [4.78, 5) is 9.80. The van der Waals surface area contributed by atoms with E-state index < -0.39 is 16.4 Å². The molecule has 7 heteroatoms. The highest BCUT2D eigenvalue weighted by Crippen LogP contribution is 2.34. The van der Waals surface area contributed by atoms with Gasteiger partial charge in [-0.25, -0.2) is 0 Å². The summed E-state index contributed by atoms with van der Waals surface area (Å²) in [5.41, 5.74) is 0.871. The molecule has 2 aromatic carbocycles. The van der Waals surface area contributed by atoms with Crippen molar-refractivity contribution in [1.82, 2.24) is 0 Å². The summed E-state index contributed by atoms with van der Waals surface area (Å²) in [6.07, 6.45) is 0. The van der Waals surface area contributed by atoms with Gasteiger partial charge in [-0.1, -0.05) is 6.07 Å². The number of nitro groups is 1. The zero-order valence-corrected chi connectivity index (χ0v) is 10.8. The molecule has 1 aliphatic heterocycles. The Labute approximate surface area is 119 Å². The summed E-state index contributed by atoms with van der Waals surface area (Å²) in [5, 5.41) is 13.6. The Hall–Kier alpha value is -2.83. The monoisotopic (exact) mass is 290 g/mol. The van der Waals surface area contributed by atoms with Gasteiger partial charge in [0.2, 0.25) is 12.6 Å². The normalized spacial score (nSPS) is 12.2. The van der Waals surface area contributed by atoms with E-state index in [0.29, 0.717) is 23.6 Å². The third-order valence-corrected chi connectivity index (χ3v) is 3.08. The van der Waals surface area contributed by atoms with E-state index in [9.17, 15) is 14.5 Å². The number of nitro benzene ring substituents is 1. The molecule has 108 valence electrons. The highest BCUT2D eigenvalue weighted by Gasteiger charge is 2.15. The van der Waals surface area contributed by atoms with Gasteiger partial charge in [0.1, 0.15) is 0 Å². The van der Waals surface area contributed by atoms with Crippen LogP contribution < -0.4 is 14.8 Å². The van der Waals surface area contributed by atoms with E-state index in [0.717, 1.165) is 17.8 Å². The zero-order chi connectivity index (χ0) is 14.8. The molecular formula is C14H11FN2O4. The summed E-state index contributed by atoms with van der Waals surface area (Å²) < 4.78 is 24.0. The Balaban J connectivity index is 1.70. The number of rotatable bonds is 4. The Morgan fingerprint density at radius 3 is 2.76 bits per heavy atom. The average Bonchev–Trinajstić information content (AvgIpc) is 2.92. The van der Waals surface area contributed by atoms with E-state index in [4.69, 9.17) is 9.47 Å². The molecule has 0 bridgehead atoms. The van der Waals surface area contributed by atoms with E-state index in [1.54, 1.807) is 12.1 Å². The van der Waals surface area contributed by atoms with E-state index in [-0.39, 0.29) is 6.79 Å². The fraction of sp³-hybridized carbons (Fsp3) is 0.143. The van der Waals surface area contributed by atoms with Gasteiger partial charge in [-0.05, 0) is 23.8 Å². The number of anilines is 1. The van der Waals surface area contributed by atoms with Gasteiger partial charge in [-0.3, -0.25) is 10.1 Å². The number of hydrogen-bond acceptors (Lipinski definition) is 5. The van der Waals surface area contributed by atoms with Crippen LogP contribution in [0.25, 0.3) is 0 Å². The lowest BCUT2D eigenvalue weighted by Crippen LogP contribution is -2.01. The van der Waals surface area contributed by atoms with Gasteiger partial charge in [0, 0.05) is 24.4 Å². The van der Waals surface area contributed by atoms with Crippen molar-refractivity contribution in [3.63, 3.8) is 0 Å². The molecule has 0 unspecified atom stereocenters. The summed E-state index contributed by atoms with van der Waals surface area (Å²) >= 11 is 0. The van der Waals surface area contributed by atoms with Crippen molar-refractivity contribution in [2.45, 2.75) is 6.54 Å². The molecule has 0 aromatic heterocycles. The molecule has 3 rings (SSSR count). The largest absolute Gasteiger partial charge is 0.454 e. The maximum Gasteiger partial charge on any atom is 0.304 e. The number of ether oxygens (including phenoxy) is 2. The minimum absolute atomic E-state index is 0.201. The first-order valence-electron chi connectivity index (χ1n) is 6.20. The highest BCUT2D eigenvalue weighted by molar-refractivity contribution is 5.55. The number of hydrogen-bond donors (Lipinski definition) is 1. The Bertz CT molecular complexity index is 705. The number of halogens is 1. The van der Waals surface area contributed by atoms with Crippen LogP contribution in [0.3, 0.4) is 0 Å². The maximum atomic E-state index is 13.5. The summed E-state index contributed by atoms with van der Waals surface area (Å²) in [6.45, 7) is 0.543. The predicted molar refractivity (Wildman–Crippen MR) is 72.9 cm³/mol. The van der Waals surface area contributed by atoms with Gasteiger partial charge in [0.25, 0.3) is 0 Å². The smallest absolute Gasteiger partial charge is 0.304 e. The molecule has 0 saturated heterocycles. The van der Waals surface area contributed by atoms with Crippen LogP contribution in [0, 0.1) is 15.9 Å². The molecule has 2 aromatic rings. The lowest BCUT2D eigenvalue weighted by molar-refractivity contribution is -0.387. The first-order chi connectivity index (χ1) is 10.1. The van der Waals surface area contributed by atoms with E-state index in [1.807, 2.05) is 6.07 Å². The predicted octanol–water partition coefficient (Wildman–Crippen LogP) is 3.07. The average molecular weight is 290 g/mol. The van der Waals surface area contributed by atoms with Crippen LogP contribution in [0.4, 0.5) is 15.8 Å². The van der Waals surface area contributed by atoms with Gasteiger partial charge in [0.15, 0.2) is 11.5 Å². The lowest BCUT2D eigenvalue weighted by Gasteiger charge is -2.07. The molecule has 21 heavy (non-hydrogen) atoms. The molecule has 0 atom stereocenters. The second-order valence-corrected chi connectivity index (χ2v) is 4.46. The standard InChI is InChI=1S/C14H11FN2O4/c15-11-5-9(1-3-12(11)17(18)19)7-16-10-2-4-13-14(6-10)21-8-20-13/h1-6,16H,7-8H2. The molecule has 0 aliphatic carbocycles. The molecule has 1 N–H and O–H groups in total. The van der Waals surface area contributed by atoms with E-state index >= 15 is 0 Å². The number of nitrogens with zero attached hydrogens (tertiary/aromatic N) is 1. The second-order valence-electron chi connectivity index (χ2n) is 4.46. The minimum atomic E-state index is -0.843. The lowest BCUT2D eigenvalue weighted by atomic mass is 10.2.